The maximum absolute atomic E-state index is 12.4. The second-order valence-corrected chi connectivity index (χ2v) is 6.66. The van der Waals surface area contributed by atoms with Crippen molar-refractivity contribution in [1.29, 1.82) is 0 Å². The van der Waals surface area contributed by atoms with Crippen LogP contribution >= 0.6 is 0 Å². The molecule has 2 rings (SSSR count). The maximum atomic E-state index is 12.4. The van der Waals surface area contributed by atoms with Gasteiger partial charge in [-0.25, -0.2) is 8.42 Å². The average molecular weight is 303 g/mol. The zero-order valence-corrected chi connectivity index (χ0v) is 13.0. The molecule has 0 radical (unpaired) electrons. The minimum Gasteiger partial charge on any atom is -0.295 e. The summed E-state index contributed by atoms with van der Waals surface area (Å²) in [5.41, 5.74) is 2.54. The predicted molar refractivity (Wildman–Crippen MR) is 83.2 cm³/mol. The number of rotatable bonds is 4. The lowest BCUT2D eigenvalue weighted by atomic mass is 10.1. The second kappa shape index (κ2) is 5.69. The smallest absolute Gasteiger partial charge is 0.262 e. The van der Waals surface area contributed by atoms with Crippen LogP contribution in [0.2, 0.25) is 0 Å². The van der Waals surface area contributed by atoms with Crippen molar-refractivity contribution >= 4 is 21.5 Å². The maximum Gasteiger partial charge on any atom is 0.262 e. The van der Waals surface area contributed by atoms with Crippen LogP contribution in [-0.4, -0.2) is 14.2 Å². The number of carbonyl (C=O) groups is 1. The minimum absolute atomic E-state index is 0.109. The van der Waals surface area contributed by atoms with E-state index in [0.29, 0.717) is 16.8 Å². The zero-order valence-electron chi connectivity index (χ0n) is 12.2. The Morgan fingerprint density at radius 2 is 1.76 bits per heavy atom. The van der Waals surface area contributed by atoms with Gasteiger partial charge in [0, 0.05) is 11.3 Å². The number of carbonyl (C=O) groups excluding carboxylic acids is 1. The van der Waals surface area contributed by atoms with Gasteiger partial charge in [-0.15, -0.1) is 0 Å². The van der Waals surface area contributed by atoms with Crippen molar-refractivity contribution in [2.24, 2.45) is 0 Å². The summed E-state index contributed by atoms with van der Waals surface area (Å²) in [6, 6.07) is 11.6. The van der Waals surface area contributed by atoms with E-state index in [1.807, 2.05) is 13.0 Å². The van der Waals surface area contributed by atoms with Crippen molar-refractivity contribution in [1.82, 2.24) is 0 Å². The Labute approximate surface area is 124 Å². The van der Waals surface area contributed by atoms with Gasteiger partial charge in [-0.3, -0.25) is 9.52 Å². The van der Waals surface area contributed by atoms with Crippen molar-refractivity contribution in [3.05, 3.63) is 59.2 Å². The Kier molecular flexibility index (Phi) is 4.14. The van der Waals surface area contributed by atoms with Gasteiger partial charge in [-0.05, 0) is 44.5 Å². The molecule has 0 aromatic heterocycles. The molecule has 0 fully saturated rings. The molecule has 1 N–H and O–H groups in total. The van der Waals surface area contributed by atoms with Gasteiger partial charge in [0.15, 0.2) is 5.78 Å². The number of aryl methyl sites for hydroxylation is 2. The summed E-state index contributed by atoms with van der Waals surface area (Å²) in [7, 11) is -3.66. The molecule has 0 amide bonds. The van der Waals surface area contributed by atoms with Crippen LogP contribution in [0.15, 0.2) is 47.4 Å². The monoisotopic (exact) mass is 303 g/mol. The Bertz CT molecular complexity index is 795. The van der Waals surface area contributed by atoms with Crippen LogP contribution in [0.25, 0.3) is 0 Å². The van der Waals surface area contributed by atoms with Crippen molar-refractivity contribution < 1.29 is 13.2 Å². The van der Waals surface area contributed by atoms with Gasteiger partial charge in [-0.1, -0.05) is 29.8 Å². The standard InChI is InChI=1S/C16H17NO3S/c1-11-7-8-16(12(2)9-11)21(19,20)17-15-6-4-5-14(10-15)13(3)18/h4-10,17H,1-3H3. The molecular weight excluding hydrogens is 286 g/mol. The van der Waals surface area contributed by atoms with E-state index in [9.17, 15) is 13.2 Å². The van der Waals surface area contributed by atoms with Crippen molar-refractivity contribution in [3.63, 3.8) is 0 Å². The molecule has 0 saturated heterocycles. The molecule has 5 heteroatoms. The van der Waals surface area contributed by atoms with E-state index in [0.717, 1.165) is 5.56 Å². The van der Waals surface area contributed by atoms with Gasteiger partial charge in [-0.2, -0.15) is 0 Å². The van der Waals surface area contributed by atoms with Crippen LogP contribution < -0.4 is 4.72 Å². The highest BCUT2D eigenvalue weighted by Crippen LogP contribution is 2.21. The summed E-state index contributed by atoms with van der Waals surface area (Å²) in [5.74, 6) is -0.109. The van der Waals surface area contributed by atoms with Crippen LogP contribution in [0.5, 0.6) is 0 Å². The average Bonchev–Trinajstić information content (AvgIpc) is 2.37. The molecule has 0 aliphatic rings. The van der Waals surface area contributed by atoms with Crippen molar-refractivity contribution in [3.8, 4) is 0 Å². The largest absolute Gasteiger partial charge is 0.295 e. The lowest BCUT2D eigenvalue weighted by molar-refractivity contribution is 0.101. The number of anilines is 1. The first-order chi connectivity index (χ1) is 9.79. The highest BCUT2D eigenvalue weighted by Gasteiger charge is 2.17. The fourth-order valence-electron chi connectivity index (χ4n) is 2.11. The molecule has 0 aliphatic carbocycles. The molecular formula is C16H17NO3S. The molecule has 0 spiro atoms. The van der Waals surface area contributed by atoms with E-state index >= 15 is 0 Å². The molecule has 2 aromatic rings. The van der Waals surface area contributed by atoms with Crippen molar-refractivity contribution in [2.75, 3.05) is 4.72 Å². The van der Waals surface area contributed by atoms with Crippen LogP contribution in [0, 0.1) is 13.8 Å². The molecule has 0 unspecified atom stereocenters. The highest BCUT2D eigenvalue weighted by atomic mass is 32.2. The first-order valence-corrected chi connectivity index (χ1v) is 7.99. The van der Waals surface area contributed by atoms with E-state index in [2.05, 4.69) is 4.72 Å². The van der Waals surface area contributed by atoms with E-state index in [4.69, 9.17) is 0 Å². The third-order valence-corrected chi connectivity index (χ3v) is 4.68. The summed E-state index contributed by atoms with van der Waals surface area (Å²) in [5, 5.41) is 0. The SMILES string of the molecule is CC(=O)c1cccc(NS(=O)(=O)c2ccc(C)cc2C)c1. The number of benzene rings is 2. The second-order valence-electron chi connectivity index (χ2n) is 5.01. The van der Waals surface area contributed by atoms with Crippen molar-refractivity contribution in [2.45, 2.75) is 25.7 Å². The van der Waals surface area contributed by atoms with Crippen LogP contribution in [0.1, 0.15) is 28.4 Å². The fourth-order valence-corrected chi connectivity index (χ4v) is 3.39. The van der Waals surface area contributed by atoms with Gasteiger partial charge >= 0.3 is 0 Å². The zero-order chi connectivity index (χ0) is 15.6. The third kappa shape index (κ3) is 3.49. The van der Waals surface area contributed by atoms with E-state index in [-0.39, 0.29) is 10.7 Å². The summed E-state index contributed by atoms with van der Waals surface area (Å²) < 4.78 is 27.3. The number of Topliss-reactive ketones (excluding diaryl/α,β-unsaturated/α-hetero) is 1. The molecule has 0 atom stereocenters. The summed E-state index contributed by atoms with van der Waals surface area (Å²) in [6.07, 6.45) is 0. The number of nitrogens with one attached hydrogen (secondary N) is 1. The third-order valence-electron chi connectivity index (χ3n) is 3.14. The van der Waals surface area contributed by atoms with Gasteiger partial charge in [0.1, 0.15) is 0 Å². The van der Waals surface area contributed by atoms with Crippen LogP contribution in [-0.2, 0) is 10.0 Å². The number of sulfonamides is 1. The summed E-state index contributed by atoms with van der Waals surface area (Å²) in [4.78, 5) is 11.6. The number of ketones is 1. The number of hydrogen-bond acceptors (Lipinski definition) is 3. The lowest BCUT2D eigenvalue weighted by Gasteiger charge is -2.11. The van der Waals surface area contributed by atoms with Crippen LogP contribution in [0.3, 0.4) is 0 Å². The first-order valence-electron chi connectivity index (χ1n) is 6.51. The molecule has 21 heavy (non-hydrogen) atoms. The number of hydrogen-bond donors (Lipinski definition) is 1. The molecule has 0 saturated carbocycles. The van der Waals surface area contributed by atoms with Gasteiger partial charge in [0.2, 0.25) is 0 Å². The Morgan fingerprint density at radius 1 is 1.05 bits per heavy atom. The summed E-state index contributed by atoms with van der Waals surface area (Å²) >= 11 is 0. The van der Waals surface area contributed by atoms with E-state index in [1.165, 1.54) is 13.0 Å². The highest BCUT2D eigenvalue weighted by molar-refractivity contribution is 7.92. The van der Waals surface area contributed by atoms with E-state index < -0.39 is 10.0 Å². The molecule has 2 aromatic carbocycles. The minimum atomic E-state index is -3.66. The molecule has 0 heterocycles. The van der Waals surface area contributed by atoms with E-state index in [1.54, 1.807) is 37.3 Å². The molecule has 4 nitrogen and oxygen atoms in total. The van der Waals surface area contributed by atoms with Gasteiger partial charge in [0.25, 0.3) is 10.0 Å². The predicted octanol–water partition coefficient (Wildman–Crippen LogP) is 3.31. The van der Waals surface area contributed by atoms with Gasteiger partial charge in [0.05, 0.1) is 4.90 Å². The normalized spacial score (nSPS) is 11.2. The Balaban J connectivity index is 2.37. The Hall–Kier alpha value is -2.14. The van der Waals surface area contributed by atoms with Crippen LogP contribution in [0.4, 0.5) is 5.69 Å². The topological polar surface area (TPSA) is 63.2 Å². The quantitative estimate of drug-likeness (QED) is 0.881. The first kappa shape index (κ1) is 15.3. The molecule has 0 bridgehead atoms. The summed E-state index contributed by atoms with van der Waals surface area (Å²) in [6.45, 7) is 5.11. The molecule has 110 valence electrons. The Morgan fingerprint density at radius 3 is 2.38 bits per heavy atom. The lowest BCUT2D eigenvalue weighted by Crippen LogP contribution is -2.14. The molecule has 0 aliphatic heterocycles. The fraction of sp³-hybridized carbons (Fsp3) is 0.188. The van der Waals surface area contributed by atoms with Gasteiger partial charge < -0.3 is 0 Å².